The number of benzene rings is 2. The molecule has 6 rings (SSSR count). The lowest BCUT2D eigenvalue weighted by atomic mass is 9.45. The van der Waals surface area contributed by atoms with E-state index in [1.807, 2.05) is 6.07 Å². The maximum atomic E-state index is 13.7. The number of fused-ring (bicyclic) bond motifs is 3. The van der Waals surface area contributed by atoms with E-state index in [1.165, 1.54) is 25.5 Å². The molecule has 10 nitrogen and oxygen atoms in total. The minimum atomic E-state index is -0.233. The van der Waals surface area contributed by atoms with E-state index < -0.39 is 0 Å². The van der Waals surface area contributed by atoms with Crippen LogP contribution in [0.25, 0.3) is 10.9 Å². The first-order valence-corrected chi connectivity index (χ1v) is 15.3. The van der Waals surface area contributed by atoms with Crippen molar-refractivity contribution in [3.8, 4) is 0 Å². The van der Waals surface area contributed by atoms with E-state index in [-0.39, 0.29) is 17.5 Å². The number of amides is 1. The van der Waals surface area contributed by atoms with Gasteiger partial charge in [0.25, 0.3) is 5.56 Å². The summed E-state index contributed by atoms with van der Waals surface area (Å²) in [7, 11) is 3.21. The number of hydrazine groups is 1. The van der Waals surface area contributed by atoms with Crippen molar-refractivity contribution in [3.63, 3.8) is 0 Å². The lowest BCUT2D eigenvalue weighted by molar-refractivity contribution is -0.119. The Morgan fingerprint density at radius 3 is 2.60 bits per heavy atom. The predicted octanol–water partition coefficient (Wildman–Crippen LogP) is 5.42. The Morgan fingerprint density at radius 2 is 1.95 bits per heavy atom. The second-order valence-corrected chi connectivity index (χ2v) is 13.0. The maximum absolute atomic E-state index is 13.7. The van der Waals surface area contributed by atoms with E-state index in [2.05, 4.69) is 36.9 Å². The van der Waals surface area contributed by atoms with Gasteiger partial charge in [-0.15, -0.1) is 0 Å². The molecule has 3 N–H and O–H groups in total. The van der Waals surface area contributed by atoms with Crippen LogP contribution in [0.5, 0.6) is 0 Å². The molecule has 3 aliphatic rings. The van der Waals surface area contributed by atoms with Gasteiger partial charge in [0.1, 0.15) is 0 Å². The zero-order chi connectivity index (χ0) is 31.1. The summed E-state index contributed by atoms with van der Waals surface area (Å²) >= 11 is 12.4. The summed E-state index contributed by atoms with van der Waals surface area (Å²) in [5.41, 5.74) is 7.74. The monoisotopic (exact) mass is 627 g/mol. The lowest BCUT2D eigenvalue weighted by Gasteiger charge is -2.61. The number of aromatic nitrogens is 2. The summed E-state index contributed by atoms with van der Waals surface area (Å²) in [6.45, 7) is 8.75. The van der Waals surface area contributed by atoms with Crippen LogP contribution in [0.3, 0.4) is 0 Å². The van der Waals surface area contributed by atoms with Crippen LogP contribution in [0.15, 0.2) is 46.2 Å². The van der Waals surface area contributed by atoms with Crippen LogP contribution in [0, 0.1) is 23.2 Å². The summed E-state index contributed by atoms with van der Waals surface area (Å²) in [6.07, 6.45) is 2.76. The molecule has 0 aliphatic heterocycles. The molecule has 3 fully saturated rings. The van der Waals surface area contributed by atoms with E-state index in [9.17, 15) is 9.59 Å². The first kappa shape index (κ1) is 31.1. The fraction of sp³-hybridized carbons (Fsp3) is 0.484. The van der Waals surface area contributed by atoms with Crippen LogP contribution in [0.1, 0.15) is 46.1 Å². The molecule has 1 heterocycles. The number of guanidine groups is 1. The Hall–Kier alpha value is -3.34. The number of carbonyl (C=O) groups excluding carboxylic acids is 1. The Balaban J connectivity index is 1.44. The van der Waals surface area contributed by atoms with Gasteiger partial charge in [-0.05, 0) is 78.3 Å². The summed E-state index contributed by atoms with van der Waals surface area (Å²) in [5, 5.41) is 6.31. The highest BCUT2D eigenvalue weighted by atomic mass is 35.5. The number of nitrogens with one attached hydrogen (secondary N) is 3. The second kappa shape index (κ2) is 12.3. The molecule has 1 amide bonds. The number of hydrogen-bond acceptors (Lipinski definition) is 6. The highest BCUT2D eigenvalue weighted by molar-refractivity contribution is 6.35. The topological polar surface area (TPSA) is 113 Å². The minimum absolute atomic E-state index is 0.127. The zero-order valence-electron chi connectivity index (χ0n) is 25.4. The molecule has 230 valence electrons. The predicted molar refractivity (Wildman–Crippen MR) is 173 cm³/mol. The van der Waals surface area contributed by atoms with Gasteiger partial charge in [0.05, 0.1) is 24.1 Å². The summed E-state index contributed by atoms with van der Waals surface area (Å²) in [6, 6.07) is 10.8. The third kappa shape index (κ3) is 6.32. The zero-order valence-corrected chi connectivity index (χ0v) is 26.9. The molecule has 3 saturated carbocycles. The molecule has 0 saturated heterocycles. The van der Waals surface area contributed by atoms with Crippen LogP contribution < -0.4 is 26.8 Å². The number of nitrogens with zero attached hydrogens (tertiary/aromatic N) is 4. The van der Waals surface area contributed by atoms with Crippen LogP contribution in [-0.4, -0.2) is 41.6 Å². The normalized spacial score (nSPS) is 22.6. The summed E-state index contributed by atoms with van der Waals surface area (Å²) in [4.78, 5) is 40.7. The standard InChI is InChI=1S/C31H39Cl2N7O3/c1-17-24-13-20(31(24,3)4)14-26(17)35-29(38-37-18(2)41)34-22-9-10-23-27(16-22)36-30(39(5)43-6)40(28(23)42)12-11-19-7-8-21(32)15-25(19)33/h7-10,15-17,20,24,26H,11-14H2,1-6H3,(H,37,41)(H2,34,35,38)/t17?,20-,24+,26-/m0/s1. The SMILES string of the molecule is CON(C)c1nc2cc(N/C(=N/[C@H]3C[C@@H]4C[C@H](C3C)C4(C)C)NNC(C)=O)ccc2c(=O)n1CCc1ccc(Cl)cc1Cl. The van der Waals surface area contributed by atoms with Crippen molar-refractivity contribution < 1.29 is 9.63 Å². The Morgan fingerprint density at radius 1 is 1.19 bits per heavy atom. The quantitative estimate of drug-likeness (QED) is 0.182. The smallest absolute Gasteiger partial charge is 0.262 e. The first-order chi connectivity index (χ1) is 20.4. The number of aryl methyl sites for hydroxylation is 1. The average Bonchev–Trinajstić information content (AvgIpc) is 2.96. The molecular formula is C31H39Cl2N7O3. The number of anilines is 2. The van der Waals surface area contributed by atoms with Crippen molar-refractivity contribution in [3.05, 3.63) is 62.4 Å². The fourth-order valence-electron chi connectivity index (χ4n) is 6.61. The van der Waals surface area contributed by atoms with Gasteiger partial charge in [-0.2, -0.15) is 0 Å². The molecule has 3 aliphatic carbocycles. The van der Waals surface area contributed by atoms with E-state index in [0.717, 1.165) is 12.0 Å². The van der Waals surface area contributed by atoms with Crippen molar-refractivity contribution in [1.82, 2.24) is 20.4 Å². The van der Waals surface area contributed by atoms with Gasteiger partial charge in [-0.25, -0.2) is 15.0 Å². The number of rotatable bonds is 7. The van der Waals surface area contributed by atoms with E-state index in [4.69, 9.17) is 38.0 Å². The van der Waals surface area contributed by atoms with Crippen LogP contribution in [-0.2, 0) is 22.6 Å². The Bertz CT molecular complexity index is 1620. The Labute approximate surface area is 261 Å². The van der Waals surface area contributed by atoms with E-state index >= 15 is 0 Å². The van der Waals surface area contributed by atoms with Crippen molar-refractivity contribution in [2.75, 3.05) is 24.5 Å². The Kier molecular flexibility index (Phi) is 8.92. The van der Waals surface area contributed by atoms with Gasteiger partial charge in [0.15, 0.2) is 0 Å². The van der Waals surface area contributed by atoms with E-state index in [1.54, 1.807) is 41.9 Å². The van der Waals surface area contributed by atoms with Crippen LogP contribution in [0.4, 0.5) is 11.6 Å². The molecule has 1 aromatic heterocycles. The van der Waals surface area contributed by atoms with Crippen LogP contribution >= 0.6 is 23.2 Å². The van der Waals surface area contributed by atoms with Gasteiger partial charge >= 0.3 is 0 Å². The van der Waals surface area contributed by atoms with Gasteiger partial charge in [0.2, 0.25) is 17.8 Å². The fourth-order valence-corrected chi connectivity index (χ4v) is 7.11. The number of hydrogen-bond donors (Lipinski definition) is 3. The third-order valence-electron chi connectivity index (χ3n) is 9.34. The number of carbonyl (C=O) groups is 1. The molecule has 4 atom stereocenters. The van der Waals surface area contributed by atoms with Crippen molar-refractivity contribution in [2.24, 2.45) is 28.2 Å². The number of aliphatic imine (C=N–C) groups is 1. The molecule has 2 bridgehead atoms. The van der Waals surface area contributed by atoms with Crippen molar-refractivity contribution in [1.29, 1.82) is 0 Å². The van der Waals surface area contributed by atoms with Gasteiger partial charge < -0.3 is 5.32 Å². The van der Waals surface area contributed by atoms with Gasteiger partial charge in [-0.1, -0.05) is 50.0 Å². The van der Waals surface area contributed by atoms with Gasteiger partial charge in [-0.3, -0.25) is 29.8 Å². The summed E-state index contributed by atoms with van der Waals surface area (Å²) < 4.78 is 1.58. The van der Waals surface area contributed by atoms with Crippen molar-refractivity contribution in [2.45, 2.75) is 59.5 Å². The highest BCUT2D eigenvalue weighted by Crippen LogP contribution is 2.61. The summed E-state index contributed by atoms with van der Waals surface area (Å²) in [5.74, 6) is 2.24. The van der Waals surface area contributed by atoms with E-state index in [0.29, 0.717) is 74.7 Å². The molecule has 0 radical (unpaired) electrons. The lowest BCUT2D eigenvalue weighted by Crippen LogP contribution is -2.57. The molecule has 0 spiro atoms. The molecule has 12 heteroatoms. The second-order valence-electron chi connectivity index (χ2n) is 12.2. The first-order valence-electron chi connectivity index (χ1n) is 14.5. The minimum Gasteiger partial charge on any atom is -0.325 e. The maximum Gasteiger partial charge on any atom is 0.262 e. The molecule has 1 unspecified atom stereocenters. The molecule has 3 aromatic rings. The van der Waals surface area contributed by atoms with Crippen molar-refractivity contribution >= 4 is 57.6 Å². The highest BCUT2D eigenvalue weighted by Gasteiger charge is 2.56. The number of hydroxylamine groups is 1. The molecule has 2 aromatic carbocycles. The third-order valence-corrected chi connectivity index (χ3v) is 9.93. The average molecular weight is 629 g/mol. The molecular weight excluding hydrogens is 589 g/mol. The largest absolute Gasteiger partial charge is 0.325 e. The molecule has 43 heavy (non-hydrogen) atoms. The number of halogens is 2. The van der Waals surface area contributed by atoms with Crippen LogP contribution in [0.2, 0.25) is 10.0 Å². The van der Waals surface area contributed by atoms with Gasteiger partial charge in [0, 0.05) is 36.2 Å².